The van der Waals surface area contributed by atoms with Crippen LogP contribution >= 0.6 is 27.7 Å². The quantitative estimate of drug-likeness (QED) is 0.831. The number of aliphatic carboxylic acids is 1. The maximum absolute atomic E-state index is 13.1. The van der Waals surface area contributed by atoms with E-state index in [4.69, 9.17) is 5.11 Å². The van der Waals surface area contributed by atoms with Gasteiger partial charge in [0.25, 0.3) is 0 Å². The lowest BCUT2D eigenvalue weighted by molar-refractivity contribution is -0.133. The van der Waals surface area contributed by atoms with Gasteiger partial charge in [0.2, 0.25) is 0 Å². The highest BCUT2D eigenvalue weighted by molar-refractivity contribution is 9.10. The first-order valence-corrected chi connectivity index (χ1v) is 7.54. The second-order valence-corrected chi connectivity index (χ2v) is 5.65. The van der Waals surface area contributed by atoms with Crippen LogP contribution in [0.5, 0.6) is 0 Å². The highest BCUT2D eigenvalue weighted by atomic mass is 79.9. The van der Waals surface area contributed by atoms with Gasteiger partial charge in [0.1, 0.15) is 5.82 Å². The summed E-state index contributed by atoms with van der Waals surface area (Å²) in [6.07, 6.45) is 0. The number of halogens is 2. The first kappa shape index (κ1) is 15.0. The van der Waals surface area contributed by atoms with E-state index in [0.29, 0.717) is 27.6 Å². The van der Waals surface area contributed by atoms with Crippen molar-refractivity contribution in [3.8, 4) is 11.4 Å². The summed E-state index contributed by atoms with van der Waals surface area (Å²) in [7, 11) is 0. The Bertz CT molecular complexity index is 648. The average molecular weight is 360 g/mol. The molecule has 0 bridgehead atoms. The summed E-state index contributed by atoms with van der Waals surface area (Å²) in [5, 5.41) is 17.3. The third-order valence-electron chi connectivity index (χ3n) is 2.53. The number of rotatable bonds is 5. The number of carboxylic acid groups (broad SMARTS) is 1. The minimum atomic E-state index is -0.912. The summed E-state index contributed by atoms with van der Waals surface area (Å²) in [5.74, 6) is -0.760. The van der Waals surface area contributed by atoms with E-state index in [2.05, 4.69) is 26.1 Å². The normalized spacial score (nSPS) is 10.8. The van der Waals surface area contributed by atoms with Gasteiger partial charge in [0.05, 0.1) is 5.75 Å². The molecule has 0 saturated carbocycles. The van der Waals surface area contributed by atoms with E-state index in [1.807, 2.05) is 6.92 Å². The molecule has 20 heavy (non-hydrogen) atoms. The summed E-state index contributed by atoms with van der Waals surface area (Å²) >= 11 is 4.40. The Morgan fingerprint density at radius 3 is 2.85 bits per heavy atom. The number of hydrogen-bond acceptors (Lipinski definition) is 4. The van der Waals surface area contributed by atoms with E-state index in [0.717, 1.165) is 11.8 Å². The fourth-order valence-electron chi connectivity index (χ4n) is 1.68. The highest BCUT2D eigenvalue weighted by Gasteiger charge is 2.16. The minimum Gasteiger partial charge on any atom is -0.481 e. The molecule has 0 aliphatic heterocycles. The van der Waals surface area contributed by atoms with Crippen molar-refractivity contribution in [1.29, 1.82) is 0 Å². The molecule has 1 heterocycles. The second kappa shape index (κ2) is 6.36. The van der Waals surface area contributed by atoms with Crippen LogP contribution in [-0.4, -0.2) is 31.6 Å². The summed E-state index contributed by atoms with van der Waals surface area (Å²) < 4.78 is 15.5. The van der Waals surface area contributed by atoms with Crippen molar-refractivity contribution in [2.45, 2.75) is 18.6 Å². The molecule has 0 radical (unpaired) electrons. The van der Waals surface area contributed by atoms with Crippen molar-refractivity contribution in [1.82, 2.24) is 14.8 Å². The number of nitrogens with zero attached hydrogens (tertiary/aromatic N) is 3. The van der Waals surface area contributed by atoms with Crippen LogP contribution in [0.1, 0.15) is 6.92 Å². The SMILES string of the molecule is CCn1c(SCC(=O)O)nnc1-c1ccc(F)cc1Br. The van der Waals surface area contributed by atoms with Crippen LogP contribution in [0, 0.1) is 5.82 Å². The monoisotopic (exact) mass is 359 g/mol. The molecule has 2 rings (SSSR count). The Balaban J connectivity index is 2.39. The topological polar surface area (TPSA) is 68.0 Å². The molecule has 106 valence electrons. The van der Waals surface area contributed by atoms with Crippen molar-refractivity contribution in [2.75, 3.05) is 5.75 Å². The Morgan fingerprint density at radius 2 is 2.25 bits per heavy atom. The van der Waals surface area contributed by atoms with Crippen LogP contribution in [0.4, 0.5) is 4.39 Å². The van der Waals surface area contributed by atoms with Crippen molar-refractivity contribution in [2.24, 2.45) is 0 Å². The average Bonchev–Trinajstić information content (AvgIpc) is 2.79. The van der Waals surface area contributed by atoms with E-state index in [9.17, 15) is 9.18 Å². The van der Waals surface area contributed by atoms with Crippen LogP contribution in [0.3, 0.4) is 0 Å². The molecule has 0 aliphatic rings. The highest BCUT2D eigenvalue weighted by Crippen LogP contribution is 2.30. The van der Waals surface area contributed by atoms with Gasteiger partial charge in [-0.05, 0) is 41.1 Å². The number of aromatic nitrogens is 3. The van der Waals surface area contributed by atoms with E-state index in [1.54, 1.807) is 10.6 Å². The first-order chi connectivity index (χ1) is 9.52. The van der Waals surface area contributed by atoms with Crippen molar-refractivity contribution in [3.63, 3.8) is 0 Å². The zero-order valence-corrected chi connectivity index (χ0v) is 12.9. The van der Waals surface area contributed by atoms with Gasteiger partial charge in [-0.3, -0.25) is 4.79 Å². The lowest BCUT2D eigenvalue weighted by atomic mass is 10.2. The van der Waals surface area contributed by atoms with Crippen LogP contribution in [0.25, 0.3) is 11.4 Å². The molecule has 0 atom stereocenters. The van der Waals surface area contributed by atoms with Crippen molar-refractivity contribution < 1.29 is 14.3 Å². The predicted octanol–water partition coefficient (Wildman–Crippen LogP) is 3.04. The van der Waals surface area contributed by atoms with Gasteiger partial charge in [0, 0.05) is 16.6 Å². The molecule has 0 saturated heterocycles. The molecule has 0 aliphatic carbocycles. The summed E-state index contributed by atoms with van der Waals surface area (Å²) in [6.45, 7) is 2.50. The molecule has 0 amide bonds. The maximum Gasteiger partial charge on any atom is 0.313 e. The molecule has 0 spiro atoms. The number of benzene rings is 1. The molecule has 5 nitrogen and oxygen atoms in total. The van der Waals surface area contributed by atoms with Crippen molar-refractivity contribution >= 4 is 33.7 Å². The number of carboxylic acids is 1. The van der Waals surface area contributed by atoms with Gasteiger partial charge < -0.3 is 9.67 Å². The van der Waals surface area contributed by atoms with Gasteiger partial charge in [-0.1, -0.05) is 11.8 Å². The molecule has 2 aromatic rings. The largest absolute Gasteiger partial charge is 0.481 e. The lowest BCUT2D eigenvalue weighted by Gasteiger charge is -2.08. The van der Waals surface area contributed by atoms with Crippen LogP contribution in [0.2, 0.25) is 0 Å². The van der Waals surface area contributed by atoms with Crippen molar-refractivity contribution in [3.05, 3.63) is 28.5 Å². The van der Waals surface area contributed by atoms with Crippen LogP contribution in [0.15, 0.2) is 27.8 Å². The fourth-order valence-corrected chi connectivity index (χ4v) is 2.93. The summed E-state index contributed by atoms with van der Waals surface area (Å²) in [4.78, 5) is 10.6. The van der Waals surface area contributed by atoms with Gasteiger partial charge in [-0.15, -0.1) is 10.2 Å². The predicted molar refractivity (Wildman–Crippen MR) is 77.1 cm³/mol. The van der Waals surface area contributed by atoms with E-state index in [-0.39, 0.29) is 11.6 Å². The molecule has 8 heteroatoms. The number of hydrogen-bond donors (Lipinski definition) is 1. The summed E-state index contributed by atoms with van der Waals surface area (Å²) in [5.41, 5.74) is 0.711. The minimum absolute atomic E-state index is 0.0806. The molecular formula is C12H11BrFN3O2S. The molecule has 0 fully saturated rings. The van der Waals surface area contributed by atoms with E-state index < -0.39 is 5.97 Å². The van der Waals surface area contributed by atoms with E-state index in [1.165, 1.54) is 12.1 Å². The third-order valence-corrected chi connectivity index (χ3v) is 4.14. The number of carbonyl (C=O) groups is 1. The fraction of sp³-hybridized carbons (Fsp3) is 0.250. The Morgan fingerprint density at radius 1 is 1.50 bits per heavy atom. The zero-order valence-electron chi connectivity index (χ0n) is 10.5. The lowest BCUT2D eigenvalue weighted by Crippen LogP contribution is -2.03. The summed E-state index contributed by atoms with van der Waals surface area (Å²) in [6, 6.07) is 4.31. The van der Waals surface area contributed by atoms with Gasteiger partial charge in [0.15, 0.2) is 11.0 Å². The molecule has 0 unspecified atom stereocenters. The van der Waals surface area contributed by atoms with Crippen LogP contribution in [-0.2, 0) is 11.3 Å². The number of thioether (sulfide) groups is 1. The van der Waals surface area contributed by atoms with E-state index >= 15 is 0 Å². The first-order valence-electron chi connectivity index (χ1n) is 5.76. The Hall–Kier alpha value is -1.41. The molecule has 1 aromatic heterocycles. The molecule has 1 N–H and O–H groups in total. The van der Waals surface area contributed by atoms with Gasteiger partial charge in [-0.2, -0.15) is 0 Å². The zero-order chi connectivity index (χ0) is 14.7. The van der Waals surface area contributed by atoms with Gasteiger partial charge >= 0.3 is 5.97 Å². The smallest absolute Gasteiger partial charge is 0.313 e. The maximum atomic E-state index is 13.1. The standard InChI is InChI=1S/C12H11BrFN3O2S/c1-2-17-11(8-4-3-7(14)5-9(8)13)15-16-12(17)20-6-10(18)19/h3-5H,2,6H2,1H3,(H,18,19). The third kappa shape index (κ3) is 3.18. The Kier molecular flexibility index (Phi) is 4.77. The van der Waals surface area contributed by atoms with Crippen LogP contribution < -0.4 is 0 Å². The second-order valence-electron chi connectivity index (χ2n) is 3.86. The molecular weight excluding hydrogens is 349 g/mol. The Labute approximate surface area is 127 Å². The van der Waals surface area contributed by atoms with Gasteiger partial charge in [-0.25, -0.2) is 4.39 Å². The molecule has 1 aromatic carbocycles.